The second-order valence-corrected chi connectivity index (χ2v) is 5.20. The molecule has 0 radical (unpaired) electrons. The van der Waals surface area contributed by atoms with E-state index in [9.17, 15) is 5.11 Å². The number of aliphatic hydroxyl groups is 1. The summed E-state index contributed by atoms with van der Waals surface area (Å²) < 4.78 is 0. The van der Waals surface area contributed by atoms with Gasteiger partial charge in [0.15, 0.2) is 0 Å². The summed E-state index contributed by atoms with van der Waals surface area (Å²) in [5.74, 6) is 0. The van der Waals surface area contributed by atoms with Gasteiger partial charge in [0.2, 0.25) is 0 Å². The monoisotopic (exact) mass is 295 g/mol. The van der Waals surface area contributed by atoms with E-state index in [-0.39, 0.29) is 0 Å². The van der Waals surface area contributed by atoms with Crippen molar-refractivity contribution in [1.82, 2.24) is 4.98 Å². The van der Waals surface area contributed by atoms with Crippen LogP contribution >= 0.6 is 23.2 Å². The van der Waals surface area contributed by atoms with Crippen molar-refractivity contribution in [3.8, 4) is 0 Å². The molecule has 4 heteroatoms. The second kappa shape index (κ2) is 6.38. The first-order chi connectivity index (χ1) is 9.11. The van der Waals surface area contributed by atoms with Crippen molar-refractivity contribution in [3.63, 3.8) is 0 Å². The van der Waals surface area contributed by atoms with Crippen LogP contribution in [0.15, 0.2) is 36.5 Å². The van der Waals surface area contributed by atoms with Crippen molar-refractivity contribution in [2.45, 2.75) is 25.9 Å². The maximum Gasteiger partial charge on any atom is 0.100 e. The van der Waals surface area contributed by atoms with Crippen molar-refractivity contribution in [3.05, 3.63) is 63.4 Å². The Hall–Kier alpha value is -1.09. The molecule has 0 spiro atoms. The average Bonchev–Trinajstić information content (AvgIpc) is 2.41. The highest BCUT2D eigenvalue weighted by Gasteiger charge is 2.15. The van der Waals surface area contributed by atoms with Crippen LogP contribution in [0.5, 0.6) is 0 Å². The number of nitrogens with zero attached hydrogens (tertiary/aromatic N) is 1. The minimum Gasteiger partial charge on any atom is -0.386 e. The first kappa shape index (κ1) is 14.3. The van der Waals surface area contributed by atoms with E-state index in [0.717, 1.165) is 23.2 Å². The Kier molecular flexibility index (Phi) is 4.81. The fraction of sp³-hybridized carbons (Fsp3) is 0.267. The van der Waals surface area contributed by atoms with Crippen molar-refractivity contribution < 1.29 is 5.11 Å². The molecule has 0 aliphatic heterocycles. The van der Waals surface area contributed by atoms with Crippen molar-refractivity contribution >= 4 is 23.2 Å². The van der Waals surface area contributed by atoms with E-state index < -0.39 is 6.10 Å². The molecule has 0 saturated heterocycles. The Bertz CT molecular complexity index is 572. The molecule has 2 rings (SSSR count). The van der Waals surface area contributed by atoms with Gasteiger partial charge in [-0.15, -0.1) is 0 Å². The number of benzene rings is 1. The third-order valence-corrected chi connectivity index (χ3v) is 3.64. The first-order valence-corrected chi connectivity index (χ1v) is 6.93. The molecule has 0 aliphatic carbocycles. The highest BCUT2D eigenvalue weighted by molar-refractivity contribution is 6.35. The Balaban J connectivity index is 2.23. The zero-order valence-corrected chi connectivity index (χ0v) is 12.1. The zero-order valence-electron chi connectivity index (χ0n) is 10.6. The molecular formula is C15H15Cl2NO. The van der Waals surface area contributed by atoms with E-state index >= 15 is 0 Å². The maximum absolute atomic E-state index is 10.3. The number of aliphatic hydroxyl groups excluding tert-OH is 1. The molecule has 0 fully saturated rings. The van der Waals surface area contributed by atoms with E-state index in [1.807, 2.05) is 25.1 Å². The van der Waals surface area contributed by atoms with Gasteiger partial charge in [-0.05, 0) is 35.7 Å². The number of aromatic nitrogens is 1. The van der Waals surface area contributed by atoms with E-state index in [4.69, 9.17) is 23.2 Å². The minimum absolute atomic E-state index is 0.431. The molecule has 0 bridgehead atoms. The molecule has 1 unspecified atom stereocenters. The quantitative estimate of drug-likeness (QED) is 0.916. The molecule has 19 heavy (non-hydrogen) atoms. The summed E-state index contributed by atoms with van der Waals surface area (Å²) in [7, 11) is 0. The van der Waals surface area contributed by atoms with Gasteiger partial charge in [-0.25, -0.2) is 0 Å². The predicted molar refractivity (Wildman–Crippen MR) is 78.7 cm³/mol. The zero-order chi connectivity index (χ0) is 13.8. The lowest BCUT2D eigenvalue weighted by atomic mass is 10.0. The maximum atomic E-state index is 10.3. The Morgan fingerprint density at radius 3 is 2.68 bits per heavy atom. The molecule has 2 nitrogen and oxygen atoms in total. The number of halogens is 2. The molecule has 1 heterocycles. The fourth-order valence-corrected chi connectivity index (χ4v) is 2.53. The van der Waals surface area contributed by atoms with E-state index in [1.54, 1.807) is 18.3 Å². The summed E-state index contributed by atoms with van der Waals surface area (Å²) in [5, 5.41) is 11.5. The lowest BCUT2D eigenvalue weighted by Gasteiger charge is -2.14. The van der Waals surface area contributed by atoms with Crippen LogP contribution < -0.4 is 0 Å². The van der Waals surface area contributed by atoms with Gasteiger partial charge in [0.1, 0.15) is 6.10 Å². The fourth-order valence-electron chi connectivity index (χ4n) is 2.04. The van der Waals surface area contributed by atoms with E-state index in [0.29, 0.717) is 16.5 Å². The van der Waals surface area contributed by atoms with Gasteiger partial charge in [0.25, 0.3) is 0 Å². The summed E-state index contributed by atoms with van der Waals surface area (Å²) in [6.45, 7) is 2.04. The molecule has 1 atom stereocenters. The van der Waals surface area contributed by atoms with Crippen LogP contribution in [-0.2, 0) is 12.8 Å². The summed E-state index contributed by atoms with van der Waals surface area (Å²) in [6.07, 6.45) is 2.31. The molecule has 1 aromatic heterocycles. The van der Waals surface area contributed by atoms with Crippen LogP contribution in [0.2, 0.25) is 10.0 Å². The smallest absolute Gasteiger partial charge is 0.100 e. The molecule has 0 amide bonds. The van der Waals surface area contributed by atoms with Crippen LogP contribution in [-0.4, -0.2) is 10.1 Å². The standard InChI is InChI=1S/C15H15Cl2NO/c1-2-10-4-3-7-18-15(10)14(19)8-11-5-6-12(16)9-13(11)17/h3-7,9,14,19H,2,8H2,1H3. The third kappa shape index (κ3) is 3.47. The summed E-state index contributed by atoms with van der Waals surface area (Å²) in [4.78, 5) is 4.27. The Morgan fingerprint density at radius 2 is 2.00 bits per heavy atom. The van der Waals surface area contributed by atoms with Crippen LogP contribution in [0.3, 0.4) is 0 Å². The summed E-state index contributed by atoms with van der Waals surface area (Å²) >= 11 is 12.0. The second-order valence-electron chi connectivity index (χ2n) is 4.36. The molecule has 1 aromatic carbocycles. The van der Waals surface area contributed by atoms with Gasteiger partial charge in [-0.1, -0.05) is 42.3 Å². The predicted octanol–water partition coefficient (Wildman–Crippen LogP) is 4.23. The van der Waals surface area contributed by atoms with Crippen LogP contribution in [0, 0.1) is 0 Å². The van der Waals surface area contributed by atoms with Gasteiger partial charge >= 0.3 is 0 Å². The number of rotatable bonds is 4. The summed E-state index contributed by atoms with van der Waals surface area (Å²) in [6, 6.07) is 9.15. The van der Waals surface area contributed by atoms with Crippen molar-refractivity contribution in [2.75, 3.05) is 0 Å². The van der Waals surface area contributed by atoms with Crippen LogP contribution in [0.1, 0.15) is 29.8 Å². The Labute approximate surface area is 123 Å². The SMILES string of the molecule is CCc1cccnc1C(O)Cc1ccc(Cl)cc1Cl. The third-order valence-electron chi connectivity index (χ3n) is 3.05. The average molecular weight is 296 g/mol. The van der Waals surface area contributed by atoms with Crippen molar-refractivity contribution in [2.24, 2.45) is 0 Å². The van der Waals surface area contributed by atoms with Gasteiger partial charge < -0.3 is 5.11 Å². The summed E-state index contributed by atoms with van der Waals surface area (Å²) in [5.41, 5.74) is 2.64. The first-order valence-electron chi connectivity index (χ1n) is 6.17. The van der Waals surface area contributed by atoms with E-state index in [2.05, 4.69) is 4.98 Å². The highest BCUT2D eigenvalue weighted by atomic mass is 35.5. The highest BCUT2D eigenvalue weighted by Crippen LogP contribution is 2.26. The normalized spacial score (nSPS) is 12.4. The van der Waals surface area contributed by atoms with Crippen LogP contribution in [0.4, 0.5) is 0 Å². The number of pyridine rings is 1. The molecule has 1 N–H and O–H groups in total. The van der Waals surface area contributed by atoms with Crippen LogP contribution in [0.25, 0.3) is 0 Å². The number of aryl methyl sites for hydroxylation is 1. The topological polar surface area (TPSA) is 33.1 Å². The molecule has 2 aromatic rings. The number of hydrogen-bond acceptors (Lipinski definition) is 2. The van der Waals surface area contributed by atoms with Gasteiger partial charge in [0.05, 0.1) is 5.69 Å². The van der Waals surface area contributed by atoms with Gasteiger partial charge in [-0.3, -0.25) is 4.98 Å². The number of hydrogen-bond donors (Lipinski definition) is 1. The minimum atomic E-state index is -0.658. The van der Waals surface area contributed by atoms with E-state index in [1.165, 1.54) is 0 Å². The lowest BCUT2D eigenvalue weighted by Crippen LogP contribution is -2.07. The molecule has 0 saturated carbocycles. The molecule has 0 aliphatic rings. The largest absolute Gasteiger partial charge is 0.386 e. The molecule has 100 valence electrons. The van der Waals surface area contributed by atoms with Gasteiger partial charge in [0, 0.05) is 22.7 Å². The lowest BCUT2D eigenvalue weighted by molar-refractivity contribution is 0.172. The Morgan fingerprint density at radius 1 is 1.21 bits per heavy atom. The van der Waals surface area contributed by atoms with Crippen molar-refractivity contribution in [1.29, 1.82) is 0 Å². The molecular weight excluding hydrogens is 281 g/mol. The van der Waals surface area contributed by atoms with Gasteiger partial charge in [-0.2, -0.15) is 0 Å².